The second kappa shape index (κ2) is 9.39. The Hall–Kier alpha value is -2.83. The van der Waals surface area contributed by atoms with Gasteiger partial charge >= 0.3 is 0 Å². The van der Waals surface area contributed by atoms with Gasteiger partial charge in [-0.05, 0) is 63.1 Å². The van der Waals surface area contributed by atoms with E-state index in [9.17, 15) is 18.4 Å². The summed E-state index contributed by atoms with van der Waals surface area (Å²) in [6, 6.07) is 8.05. The van der Waals surface area contributed by atoms with Crippen LogP contribution in [-0.2, 0) is 11.2 Å². The average Bonchev–Trinajstić information content (AvgIpc) is 2.58. The zero-order valence-corrected chi connectivity index (χ0v) is 16.4. The van der Waals surface area contributed by atoms with Crippen molar-refractivity contribution in [1.82, 2.24) is 10.3 Å². The van der Waals surface area contributed by atoms with Crippen LogP contribution in [0.3, 0.4) is 0 Å². The molecule has 0 bridgehead atoms. The highest BCUT2D eigenvalue weighted by molar-refractivity contribution is 5.94. The molecule has 0 saturated heterocycles. The minimum absolute atomic E-state index is 0.0334. The molecule has 2 aromatic rings. The van der Waals surface area contributed by atoms with Gasteiger partial charge in [0.2, 0.25) is 0 Å². The molecule has 1 heterocycles. The van der Waals surface area contributed by atoms with Crippen LogP contribution in [-0.4, -0.2) is 29.7 Å². The Morgan fingerprint density at radius 2 is 1.86 bits per heavy atom. The highest BCUT2D eigenvalue weighted by Gasteiger charge is 2.15. The first-order valence-corrected chi connectivity index (χ1v) is 8.94. The fourth-order valence-electron chi connectivity index (χ4n) is 2.85. The highest BCUT2D eigenvalue weighted by Crippen LogP contribution is 2.23. The van der Waals surface area contributed by atoms with Crippen LogP contribution >= 0.6 is 0 Å². The maximum absolute atomic E-state index is 12.6. The Bertz CT molecular complexity index is 869. The largest absolute Gasteiger partial charge is 0.488 e. The van der Waals surface area contributed by atoms with Crippen molar-refractivity contribution in [3.05, 3.63) is 58.4 Å². The molecule has 0 saturated carbocycles. The van der Waals surface area contributed by atoms with Gasteiger partial charge in [0.25, 0.3) is 12.3 Å². The number of hydrogen-bond donors (Lipinski definition) is 1. The number of benzene rings is 1. The summed E-state index contributed by atoms with van der Waals surface area (Å²) in [5, 5.41) is 2.88. The molecule has 0 aliphatic carbocycles. The number of alkyl halides is 2. The lowest BCUT2D eigenvalue weighted by Crippen LogP contribution is -2.27. The average molecular weight is 390 g/mol. The number of Topliss-reactive ketones (excluding diaryl/α,β-unsaturated/α-hetero) is 1. The zero-order valence-electron chi connectivity index (χ0n) is 16.4. The first kappa shape index (κ1) is 21.5. The Kier molecular flexibility index (Phi) is 7.20. The van der Waals surface area contributed by atoms with Gasteiger partial charge in [0.1, 0.15) is 18.1 Å². The summed E-state index contributed by atoms with van der Waals surface area (Å²) in [7, 11) is 0. The Labute approximate surface area is 163 Å². The third kappa shape index (κ3) is 6.40. The predicted molar refractivity (Wildman–Crippen MR) is 102 cm³/mol. The first-order valence-electron chi connectivity index (χ1n) is 8.94. The van der Waals surface area contributed by atoms with E-state index in [1.807, 2.05) is 13.0 Å². The number of nitrogens with one attached hydrogen (secondary N) is 1. The van der Waals surface area contributed by atoms with E-state index in [0.29, 0.717) is 22.7 Å². The molecule has 2 rings (SSSR count). The number of halogens is 2. The zero-order chi connectivity index (χ0) is 20.8. The Morgan fingerprint density at radius 3 is 2.50 bits per heavy atom. The summed E-state index contributed by atoms with van der Waals surface area (Å²) in [6.45, 7) is 6.18. The summed E-state index contributed by atoms with van der Waals surface area (Å²) in [4.78, 5) is 28.3. The number of hydrogen-bond acceptors (Lipinski definition) is 4. The summed E-state index contributed by atoms with van der Waals surface area (Å²) in [5.41, 5.74) is 3.19. The fraction of sp³-hybridized carbons (Fsp3) is 0.381. The smallest absolute Gasteiger partial charge is 0.272 e. The fourth-order valence-corrected chi connectivity index (χ4v) is 2.85. The maximum atomic E-state index is 12.6. The molecule has 1 atom stereocenters. The summed E-state index contributed by atoms with van der Waals surface area (Å²) in [5.74, 6) is -0.00632. The van der Waals surface area contributed by atoms with Crippen LogP contribution in [0.15, 0.2) is 30.3 Å². The van der Waals surface area contributed by atoms with Gasteiger partial charge in [-0.15, -0.1) is 0 Å². The number of amides is 1. The van der Waals surface area contributed by atoms with E-state index in [1.54, 1.807) is 38.1 Å². The molecule has 1 amide bonds. The van der Waals surface area contributed by atoms with Crippen molar-refractivity contribution in [2.45, 2.75) is 46.6 Å². The molecule has 0 spiro atoms. The predicted octanol–water partition coefficient (Wildman–Crippen LogP) is 3.96. The minimum Gasteiger partial charge on any atom is -0.488 e. The van der Waals surface area contributed by atoms with Crippen molar-refractivity contribution in [3.8, 4) is 5.75 Å². The molecule has 28 heavy (non-hydrogen) atoms. The number of carbonyl (C=O) groups excluding carboxylic acids is 2. The molecule has 0 aliphatic rings. The van der Waals surface area contributed by atoms with Gasteiger partial charge in [0.05, 0.1) is 6.04 Å². The molecule has 7 heteroatoms. The highest BCUT2D eigenvalue weighted by atomic mass is 19.3. The second-order valence-corrected chi connectivity index (χ2v) is 6.84. The molecule has 1 N–H and O–H groups in total. The quantitative estimate of drug-likeness (QED) is 0.741. The van der Waals surface area contributed by atoms with Crippen molar-refractivity contribution >= 4 is 11.7 Å². The van der Waals surface area contributed by atoms with Crippen LogP contribution in [0.2, 0.25) is 0 Å². The molecule has 1 aromatic heterocycles. The van der Waals surface area contributed by atoms with Crippen molar-refractivity contribution in [2.75, 3.05) is 6.61 Å². The van der Waals surface area contributed by atoms with Crippen molar-refractivity contribution in [3.63, 3.8) is 0 Å². The molecule has 0 radical (unpaired) electrons. The number of ether oxygens (including phenoxy) is 1. The number of aromatic nitrogens is 1. The van der Waals surface area contributed by atoms with Crippen molar-refractivity contribution < 1.29 is 23.1 Å². The first-order chi connectivity index (χ1) is 13.1. The van der Waals surface area contributed by atoms with E-state index in [4.69, 9.17) is 4.74 Å². The minimum atomic E-state index is -2.56. The van der Waals surface area contributed by atoms with E-state index in [0.717, 1.165) is 11.1 Å². The number of carbonyl (C=O) groups is 2. The second-order valence-electron chi connectivity index (χ2n) is 6.84. The maximum Gasteiger partial charge on any atom is 0.272 e. The van der Waals surface area contributed by atoms with E-state index in [1.165, 1.54) is 6.92 Å². The van der Waals surface area contributed by atoms with Crippen LogP contribution < -0.4 is 10.1 Å². The van der Waals surface area contributed by atoms with Gasteiger partial charge in [0, 0.05) is 23.4 Å². The molecule has 5 nitrogen and oxygen atoms in total. The third-order valence-corrected chi connectivity index (χ3v) is 4.00. The SMILES string of the molecule is CC(=O)Cc1cc(C(=O)NC(C)c2cc(C)cc(OCC(F)F)c2)cc(C)n1. The third-order valence-electron chi connectivity index (χ3n) is 4.00. The lowest BCUT2D eigenvalue weighted by atomic mass is 10.0. The standard InChI is InChI=1S/C21H24F2N2O3/c1-12-5-16(10-19(6-12)28-11-20(22)23)15(4)25-21(27)17-7-13(2)24-18(9-17)8-14(3)26/h5-7,9-10,15,20H,8,11H2,1-4H3,(H,25,27). The van der Waals surface area contributed by atoms with Crippen molar-refractivity contribution in [2.24, 2.45) is 0 Å². The number of pyridine rings is 1. The summed E-state index contributed by atoms with van der Waals surface area (Å²) in [6.07, 6.45) is -2.39. The van der Waals surface area contributed by atoms with Crippen LogP contribution in [0.1, 0.15) is 52.8 Å². The number of nitrogens with zero attached hydrogens (tertiary/aromatic N) is 1. The number of aryl methyl sites for hydroxylation is 2. The molecule has 150 valence electrons. The normalized spacial score (nSPS) is 12.0. The molecule has 1 aromatic carbocycles. The van der Waals surface area contributed by atoms with E-state index >= 15 is 0 Å². The molecule has 0 aliphatic heterocycles. The van der Waals surface area contributed by atoms with Gasteiger partial charge < -0.3 is 10.1 Å². The van der Waals surface area contributed by atoms with Crippen LogP contribution in [0, 0.1) is 13.8 Å². The Balaban J connectivity index is 2.16. The van der Waals surface area contributed by atoms with Crippen LogP contribution in [0.25, 0.3) is 0 Å². The van der Waals surface area contributed by atoms with Gasteiger partial charge in [0.15, 0.2) is 0 Å². The molecular formula is C21H24F2N2O3. The monoisotopic (exact) mass is 390 g/mol. The van der Waals surface area contributed by atoms with Crippen LogP contribution in [0.5, 0.6) is 5.75 Å². The summed E-state index contributed by atoms with van der Waals surface area (Å²) < 4.78 is 29.8. The molecule has 0 fully saturated rings. The summed E-state index contributed by atoms with van der Waals surface area (Å²) >= 11 is 0. The number of ketones is 1. The van der Waals surface area contributed by atoms with E-state index in [2.05, 4.69) is 10.3 Å². The van der Waals surface area contributed by atoms with Gasteiger partial charge in [-0.25, -0.2) is 8.78 Å². The van der Waals surface area contributed by atoms with Gasteiger partial charge in [-0.1, -0.05) is 6.07 Å². The lowest BCUT2D eigenvalue weighted by molar-refractivity contribution is -0.116. The van der Waals surface area contributed by atoms with E-state index < -0.39 is 13.0 Å². The van der Waals surface area contributed by atoms with Gasteiger partial charge in [-0.2, -0.15) is 0 Å². The van der Waals surface area contributed by atoms with Gasteiger partial charge in [-0.3, -0.25) is 14.6 Å². The lowest BCUT2D eigenvalue weighted by Gasteiger charge is -2.17. The van der Waals surface area contributed by atoms with Crippen LogP contribution in [0.4, 0.5) is 8.78 Å². The molecule has 1 unspecified atom stereocenters. The number of rotatable bonds is 8. The molecular weight excluding hydrogens is 366 g/mol. The van der Waals surface area contributed by atoms with Crippen molar-refractivity contribution in [1.29, 1.82) is 0 Å². The topological polar surface area (TPSA) is 68.3 Å². The Morgan fingerprint density at radius 1 is 1.14 bits per heavy atom. The van der Waals surface area contributed by atoms with E-state index in [-0.39, 0.29) is 24.2 Å².